The average molecular weight is 345 g/mol. The van der Waals surface area contributed by atoms with E-state index in [9.17, 15) is 13.2 Å². The first-order chi connectivity index (χ1) is 10.3. The number of amides is 1. The van der Waals surface area contributed by atoms with E-state index in [0.29, 0.717) is 23.8 Å². The fourth-order valence-electron chi connectivity index (χ4n) is 2.65. The van der Waals surface area contributed by atoms with Crippen molar-refractivity contribution in [2.45, 2.75) is 26.2 Å². The van der Waals surface area contributed by atoms with Gasteiger partial charge in [0.15, 0.2) is 0 Å². The quantitative estimate of drug-likeness (QED) is 0.842. The summed E-state index contributed by atoms with van der Waals surface area (Å²) in [6.45, 7) is 3.03. The molecule has 1 fully saturated rings. The van der Waals surface area contributed by atoms with Crippen molar-refractivity contribution in [2.75, 3.05) is 30.2 Å². The molecular formula is C15H21ClN2O3S. The van der Waals surface area contributed by atoms with Crippen molar-refractivity contribution in [1.82, 2.24) is 4.90 Å². The lowest BCUT2D eigenvalue weighted by molar-refractivity contribution is -0.130. The summed E-state index contributed by atoms with van der Waals surface area (Å²) >= 11 is 5.92. The molecular weight excluding hydrogens is 324 g/mol. The minimum atomic E-state index is -3.54. The Kier molecular flexibility index (Phi) is 5.34. The van der Waals surface area contributed by atoms with E-state index < -0.39 is 10.0 Å². The molecule has 0 N–H and O–H groups in total. The van der Waals surface area contributed by atoms with Gasteiger partial charge in [-0.15, -0.1) is 0 Å². The van der Waals surface area contributed by atoms with Gasteiger partial charge in [0.1, 0.15) is 6.54 Å². The normalized spacial score (nSPS) is 15.7. The maximum absolute atomic E-state index is 12.4. The second kappa shape index (κ2) is 6.87. The van der Waals surface area contributed by atoms with Crippen LogP contribution in [-0.2, 0) is 14.8 Å². The Morgan fingerprint density at radius 1 is 1.27 bits per heavy atom. The molecule has 1 aliphatic rings. The fourth-order valence-corrected chi connectivity index (χ4v) is 3.78. The zero-order valence-electron chi connectivity index (χ0n) is 12.9. The number of sulfonamides is 1. The number of halogens is 1. The Labute approximate surface area is 136 Å². The summed E-state index contributed by atoms with van der Waals surface area (Å²) in [5, 5.41) is 0.539. The van der Waals surface area contributed by atoms with Gasteiger partial charge in [-0.05, 0) is 49.9 Å². The number of likely N-dealkylation sites (tertiary alicyclic amines) is 1. The van der Waals surface area contributed by atoms with Gasteiger partial charge in [-0.2, -0.15) is 0 Å². The van der Waals surface area contributed by atoms with Gasteiger partial charge in [-0.25, -0.2) is 8.42 Å². The zero-order valence-corrected chi connectivity index (χ0v) is 14.5. The smallest absolute Gasteiger partial charge is 0.243 e. The minimum Gasteiger partial charge on any atom is -0.341 e. The predicted molar refractivity (Wildman–Crippen MR) is 88.8 cm³/mol. The zero-order chi connectivity index (χ0) is 16.3. The Balaban J connectivity index is 2.25. The molecule has 0 bridgehead atoms. The van der Waals surface area contributed by atoms with Crippen LogP contribution in [0.4, 0.5) is 5.69 Å². The molecule has 7 heteroatoms. The molecule has 1 amide bonds. The summed E-state index contributed by atoms with van der Waals surface area (Å²) in [6.07, 6.45) is 4.19. The van der Waals surface area contributed by atoms with E-state index in [1.54, 1.807) is 30.0 Å². The molecule has 2 rings (SSSR count). The largest absolute Gasteiger partial charge is 0.341 e. The molecule has 0 aliphatic carbocycles. The molecule has 22 heavy (non-hydrogen) atoms. The highest BCUT2D eigenvalue weighted by atomic mass is 35.5. The Morgan fingerprint density at radius 2 is 1.91 bits per heavy atom. The monoisotopic (exact) mass is 344 g/mol. The van der Waals surface area contributed by atoms with Crippen LogP contribution >= 0.6 is 11.6 Å². The number of aryl methyl sites for hydroxylation is 1. The van der Waals surface area contributed by atoms with Crippen LogP contribution in [0.3, 0.4) is 0 Å². The maximum atomic E-state index is 12.4. The van der Waals surface area contributed by atoms with Gasteiger partial charge >= 0.3 is 0 Å². The van der Waals surface area contributed by atoms with Crippen molar-refractivity contribution in [3.8, 4) is 0 Å². The Hall–Kier alpha value is -1.27. The van der Waals surface area contributed by atoms with Gasteiger partial charge in [0.05, 0.1) is 11.9 Å². The number of anilines is 1. The maximum Gasteiger partial charge on any atom is 0.243 e. The van der Waals surface area contributed by atoms with E-state index in [4.69, 9.17) is 11.6 Å². The number of hydrogen-bond acceptors (Lipinski definition) is 3. The number of carbonyl (C=O) groups is 1. The van der Waals surface area contributed by atoms with Crippen LogP contribution in [0, 0.1) is 6.92 Å². The van der Waals surface area contributed by atoms with Crippen molar-refractivity contribution in [2.24, 2.45) is 0 Å². The van der Waals surface area contributed by atoms with Crippen molar-refractivity contribution in [3.63, 3.8) is 0 Å². The molecule has 0 aromatic heterocycles. The fraction of sp³-hybridized carbons (Fsp3) is 0.533. The standard InChI is InChI=1S/C15H21ClN2O3S/c1-12-10-13(16)6-7-14(12)18(22(2,20)21)11-15(19)17-8-4-3-5-9-17/h6-7,10H,3-5,8-9,11H2,1-2H3. The molecule has 1 aromatic carbocycles. The highest BCUT2D eigenvalue weighted by Gasteiger charge is 2.25. The number of piperidine rings is 1. The topological polar surface area (TPSA) is 57.7 Å². The van der Waals surface area contributed by atoms with Gasteiger partial charge in [-0.1, -0.05) is 11.6 Å². The summed E-state index contributed by atoms with van der Waals surface area (Å²) in [5.74, 6) is -0.153. The van der Waals surface area contributed by atoms with E-state index in [0.717, 1.165) is 35.4 Å². The number of nitrogens with zero attached hydrogens (tertiary/aromatic N) is 2. The summed E-state index contributed by atoms with van der Waals surface area (Å²) in [5.41, 5.74) is 1.22. The second-order valence-corrected chi connectivity index (χ2v) is 7.99. The average Bonchev–Trinajstić information content (AvgIpc) is 2.45. The number of hydrogen-bond donors (Lipinski definition) is 0. The van der Waals surface area contributed by atoms with Gasteiger partial charge in [0, 0.05) is 18.1 Å². The second-order valence-electron chi connectivity index (χ2n) is 5.64. The Morgan fingerprint density at radius 3 is 2.45 bits per heavy atom. The first-order valence-electron chi connectivity index (χ1n) is 7.30. The third kappa shape index (κ3) is 4.14. The molecule has 1 aliphatic heterocycles. The highest BCUT2D eigenvalue weighted by molar-refractivity contribution is 7.92. The lowest BCUT2D eigenvalue weighted by atomic mass is 10.1. The molecule has 0 unspecified atom stereocenters. The molecule has 0 spiro atoms. The SMILES string of the molecule is Cc1cc(Cl)ccc1N(CC(=O)N1CCCCC1)S(C)(=O)=O. The van der Waals surface area contributed by atoms with Crippen LogP contribution < -0.4 is 4.31 Å². The molecule has 1 aromatic rings. The lowest BCUT2D eigenvalue weighted by Gasteiger charge is -2.30. The van der Waals surface area contributed by atoms with Crippen molar-refractivity contribution in [3.05, 3.63) is 28.8 Å². The van der Waals surface area contributed by atoms with Crippen LogP contribution in [0.15, 0.2) is 18.2 Å². The summed E-state index contributed by atoms with van der Waals surface area (Å²) < 4.78 is 25.4. The first-order valence-corrected chi connectivity index (χ1v) is 9.53. The first kappa shape index (κ1) is 17.1. The Bertz CT molecular complexity index is 655. The van der Waals surface area contributed by atoms with Crippen molar-refractivity contribution in [1.29, 1.82) is 0 Å². The lowest BCUT2D eigenvalue weighted by Crippen LogP contribution is -2.44. The van der Waals surface area contributed by atoms with Crippen LogP contribution in [0.1, 0.15) is 24.8 Å². The van der Waals surface area contributed by atoms with E-state index in [2.05, 4.69) is 0 Å². The molecule has 1 heterocycles. The predicted octanol–water partition coefficient (Wildman–Crippen LogP) is 2.43. The van der Waals surface area contributed by atoms with E-state index in [1.165, 1.54) is 0 Å². The van der Waals surface area contributed by atoms with Gasteiger partial charge in [0.2, 0.25) is 15.9 Å². The minimum absolute atomic E-state index is 0.153. The molecule has 0 atom stereocenters. The van der Waals surface area contributed by atoms with Crippen molar-refractivity contribution < 1.29 is 13.2 Å². The number of carbonyl (C=O) groups excluding carboxylic acids is 1. The van der Waals surface area contributed by atoms with Crippen LogP contribution in [0.25, 0.3) is 0 Å². The molecule has 0 radical (unpaired) electrons. The van der Waals surface area contributed by atoms with Gasteiger partial charge in [0.25, 0.3) is 0 Å². The van der Waals surface area contributed by atoms with Crippen molar-refractivity contribution >= 4 is 33.2 Å². The summed E-state index contributed by atoms with van der Waals surface area (Å²) in [4.78, 5) is 14.1. The van der Waals surface area contributed by atoms with E-state index in [1.807, 2.05) is 0 Å². The molecule has 0 saturated carbocycles. The molecule has 5 nitrogen and oxygen atoms in total. The molecule has 1 saturated heterocycles. The van der Waals surface area contributed by atoms with Gasteiger partial charge in [-0.3, -0.25) is 9.10 Å². The van der Waals surface area contributed by atoms with Gasteiger partial charge < -0.3 is 4.90 Å². The third-order valence-corrected chi connectivity index (χ3v) is 5.18. The molecule has 122 valence electrons. The third-order valence-electron chi connectivity index (χ3n) is 3.82. The highest BCUT2D eigenvalue weighted by Crippen LogP contribution is 2.25. The van der Waals surface area contributed by atoms with Crippen LogP contribution in [0.2, 0.25) is 5.02 Å². The summed E-state index contributed by atoms with van der Waals surface area (Å²) in [7, 11) is -3.54. The number of rotatable bonds is 4. The number of benzene rings is 1. The van der Waals surface area contributed by atoms with Crippen LogP contribution in [0.5, 0.6) is 0 Å². The van der Waals surface area contributed by atoms with E-state index >= 15 is 0 Å². The van der Waals surface area contributed by atoms with E-state index in [-0.39, 0.29) is 12.5 Å². The summed E-state index contributed by atoms with van der Waals surface area (Å²) in [6, 6.07) is 4.97. The van der Waals surface area contributed by atoms with Crippen LogP contribution in [-0.4, -0.2) is 45.1 Å².